The summed E-state index contributed by atoms with van der Waals surface area (Å²) >= 11 is 9.32. The van der Waals surface area contributed by atoms with Crippen molar-refractivity contribution in [3.8, 4) is 0 Å². The lowest BCUT2D eigenvalue weighted by molar-refractivity contribution is -0.133. The van der Waals surface area contributed by atoms with Crippen LogP contribution in [-0.2, 0) is 24.7 Å². The Morgan fingerprint density at radius 1 is 1.25 bits per heavy atom. The predicted molar refractivity (Wildman–Crippen MR) is 106 cm³/mol. The van der Waals surface area contributed by atoms with Crippen molar-refractivity contribution in [2.45, 2.75) is 5.54 Å². The van der Waals surface area contributed by atoms with Crippen molar-refractivity contribution in [1.29, 1.82) is 0 Å². The highest BCUT2D eigenvalue weighted by molar-refractivity contribution is 9.10. The first kappa shape index (κ1) is 18.6. The third kappa shape index (κ3) is 2.56. The molecule has 9 heteroatoms. The fraction of sp³-hybridized carbons (Fsp3) is 0.158. The Morgan fingerprint density at radius 2 is 1.96 bits per heavy atom. The van der Waals surface area contributed by atoms with Gasteiger partial charge in [-0.25, -0.2) is 9.69 Å². The second-order valence-electron chi connectivity index (χ2n) is 6.31. The van der Waals surface area contributed by atoms with E-state index in [1.54, 1.807) is 48.5 Å². The van der Waals surface area contributed by atoms with E-state index in [1.165, 1.54) is 7.11 Å². The number of carbonyl (C=O) groups excluding carboxylic acids is 3. The third-order valence-corrected chi connectivity index (χ3v) is 5.57. The molecule has 0 aromatic heterocycles. The topological polar surface area (TPSA) is 88.1 Å². The van der Waals surface area contributed by atoms with E-state index in [4.69, 9.17) is 16.3 Å². The lowest BCUT2D eigenvalue weighted by Crippen LogP contribution is -2.48. The van der Waals surface area contributed by atoms with E-state index in [1.807, 2.05) is 0 Å². The number of amides is 2. The number of imide groups is 1. The van der Waals surface area contributed by atoms with Crippen LogP contribution in [0.3, 0.4) is 0 Å². The van der Waals surface area contributed by atoms with Gasteiger partial charge in [0, 0.05) is 9.50 Å². The van der Waals surface area contributed by atoms with Gasteiger partial charge in [0.05, 0.1) is 12.8 Å². The first-order valence-electron chi connectivity index (χ1n) is 8.23. The van der Waals surface area contributed by atoms with E-state index >= 15 is 0 Å². The van der Waals surface area contributed by atoms with Crippen LogP contribution < -0.4 is 10.3 Å². The molecule has 0 radical (unpaired) electrons. The normalized spacial score (nSPS) is 23.3. The number of fused-ring (bicyclic) bond motifs is 1. The lowest BCUT2D eigenvalue weighted by Gasteiger charge is -2.26. The molecule has 2 atom stereocenters. The van der Waals surface area contributed by atoms with Crippen molar-refractivity contribution in [3.05, 3.63) is 63.6 Å². The maximum atomic E-state index is 13.5. The van der Waals surface area contributed by atoms with Gasteiger partial charge in [0.25, 0.3) is 5.91 Å². The van der Waals surface area contributed by atoms with Crippen molar-refractivity contribution >= 4 is 56.7 Å². The zero-order valence-electron chi connectivity index (χ0n) is 14.5. The highest BCUT2D eigenvalue weighted by Crippen LogP contribution is 2.45. The summed E-state index contributed by atoms with van der Waals surface area (Å²) in [6.07, 6.45) is 0. The van der Waals surface area contributed by atoms with Crippen LogP contribution in [0, 0.1) is 5.92 Å². The fourth-order valence-corrected chi connectivity index (χ4v) is 4.07. The van der Waals surface area contributed by atoms with E-state index < -0.39 is 29.2 Å². The van der Waals surface area contributed by atoms with E-state index in [0.29, 0.717) is 20.7 Å². The smallest absolute Gasteiger partial charge is 0.355 e. The van der Waals surface area contributed by atoms with Crippen molar-refractivity contribution in [2.24, 2.45) is 11.0 Å². The fourth-order valence-electron chi connectivity index (χ4n) is 3.56. The van der Waals surface area contributed by atoms with Crippen LogP contribution in [-0.4, -0.2) is 30.6 Å². The van der Waals surface area contributed by atoms with Gasteiger partial charge in [-0.2, -0.15) is 5.10 Å². The molecule has 1 fully saturated rings. The van der Waals surface area contributed by atoms with Crippen LogP contribution in [0.25, 0.3) is 0 Å². The molecule has 0 saturated carbocycles. The van der Waals surface area contributed by atoms with Crippen LogP contribution in [0.5, 0.6) is 0 Å². The number of methoxy groups -OCH3 is 1. The Bertz CT molecular complexity index is 1040. The van der Waals surface area contributed by atoms with Crippen molar-refractivity contribution < 1.29 is 19.1 Å². The van der Waals surface area contributed by atoms with Gasteiger partial charge in [-0.05, 0) is 35.9 Å². The number of nitrogens with one attached hydrogen (secondary N) is 1. The van der Waals surface area contributed by atoms with E-state index in [-0.39, 0.29) is 5.71 Å². The number of hydrazone groups is 1. The van der Waals surface area contributed by atoms with E-state index in [9.17, 15) is 14.4 Å². The molecule has 7 nitrogen and oxygen atoms in total. The molecule has 0 bridgehead atoms. The highest BCUT2D eigenvalue weighted by atomic mass is 79.9. The molecule has 2 aromatic rings. The number of hydrogen-bond acceptors (Lipinski definition) is 6. The average Bonchev–Trinajstić information content (AvgIpc) is 3.18. The minimum atomic E-state index is -1.55. The highest BCUT2D eigenvalue weighted by Gasteiger charge is 2.67. The molecule has 28 heavy (non-hydrogen) atoms. The summed E-state index contributed by atoms with van der Waals surface area (Å²) in [5.74, 6) is -3.03. The van der Waals surface area contributed by atoms with Crippen LogP contribution in [0.15, 0.2) is 58.1 Å². The van der Waals surface area contributed by atoms with Crippen LogP contribution in [0.1, 0.15) is 5.56 Å². The Balaban J connectivity index is 1.90. The van der Waals surface area contributed by atoms with Gasteiger partial charge in [0.1, 0.15) is 5.92 Å². The van der Waals surface area contributed by atoms with Gasteiger partial charge in [-0.15, -0.1) is 0 Å². The first-order valence-corrected chi connectivity index (χ1v) is 9.40. The number of carbonyl (C=O) groups is 3. The quantitative estimate of drug-likeness (QED) is 0.560. The van der Waals surface area contributed by atoms with Crippen LogP contribution in [0.2, 0.25) is 5.02 Å². The molecule has 1 saturated heterocycles. The van der Waals surface area contributed by atoms with E-state index in [0.717, 1.165) is 4.90 Å². The molecule has 2 aliphatic rings. The standard InChI is InChI=1S/C19H13BrClN3O4/c1-28-17(26)15-14-16(25)24(13-4-2-3-11(20)9-13)18(27)19(14,23-22-15)10-5-7-12(21)8-6-10/h2-9,14,23H,1H3/t14-,19-/m1/s1. The number of hydrogen-bond donors (Lipinski definition) is 1. The van der Waals surface area contributed by atoms with Crippen molar-refractivity contribution in [1.82, 2.24) is 5.43 Å². The number of halogens is 2. The van der Waals surface area contributed by atoms with Crippen molar-refractivity contribution in [2.75, 3.05) is 12.0 Å². The molecule has 2 aromatic carbocycles. The number of anilines is 1. The Hall–Kier alpha value is -2.71. The van der Waals surface area contributed by atoms with Gasteiger partial charge < -0.3 is 4.74 Å². The third-order valence-electron chi connectivity index (χ3n) is 4.83. The molecule has 0 aliphatic carbocycles. The Morgan fingerprint density at radius 3 is 2.61 bits per heavy atom. The first-order chi connectivity index (χ1) is 13.4. The second kappa shape index (κ2) is 6.72. The largest absolute Gasteiger partial charge is 0.464 e. The second-order valence-corrected chi connectivity index (χ2v) is 7.66. The summed E-state index contributed by atoms with van der Waals surface area (Å²) in [6.45, 7) is 0. The molecule has 142 valence electrons. The summed E-state index contributed by atoms with van der Waals surface area (Å²) < 4.78 is 5.47. The van der Waals surface area contributed by atoms with Crippen LogP contribution >= 0.6 is 27.5 Å². The number of benzene rings is 2. The summed E-state index contributed by atoms with van der Waals surface area (Å²) in [5.41, 5.74) is 1.91. The lowest BCUT2D eigenvalue weighted by atomic mass is 9.79. The molecular weight excluding hydrogens is 450 g/mol. The average molecular weight is 463 g/mol. The number of ether oxygens (including phenoxy) is 1. The molecular formula is C19H13BrClN3O4. The summed E-state index contributed by atoms with van der Waals surface area (Å²) in [5, 5.41) is 4.47. The molecule has 1 N–H and O–H groups in total. The Kier molecular flexibility index (Phi) is 4.47. The minimum Gasteiger partial charge on any atom is -0.464 e. The van der Waals surface area contributed by atoms with Crippen molar-refractivity contribution in [3.63, 3.8) is 0 Å². The number of rotatable bonds is 3. The van der Waals surface area contributed by atoms with Gasteiger partial charge in [-0.1, -0.05) is 45.7 Å². The summed E-state index contributed by atoms with van der Waals surface area (Å²) in [7, 11) is 1.19. The zero-order chi connectivity index (χ0) is 20.1. The molecule has 4 rings (SSSR count). The maximum Gasteiger partial charge on any atom is 0.355 e. The van der Waals surface area contributed by atoms with Gasteiger partial charge in [-0.3, -0.25) is 15.0 Å². The number of nitrogens with zero attached hydrogens (tertiary/aromatic N) is 2. The molecule has 0 spiro atoms. The molecule has 2 amide bonds. The monoisotopic (exact) mass is 461 g/mol. The Labute approximate surface area is 173 Å². The molecule has 2 heterocycles. The predicted octanol–water partition coefficient (Wildman–Crippen LogP) is 2.62. The van der Waals surface area contributed by atoms with Gasteiger partial charge in [0.2, 0.25) is 5.91 Å². The number of esters is 1. The molecule has 2 aliphatic heterocycles. The SMILES string of the molecule is COC(=O)C1=NN[C@@]2(c3ccc(Cl)cc3)C(=O)N(c3cccc(Br)c3)C(=O)[C@@H]12. The van der Waals surface area contributed by atoms with Gasteiger partial charge in [0.15, 0.2) is 11.3 Å². The van der Waals surface area contributed by atoms with Crippen LogP contribution in [0.4, 0.5) is 5.69 Å². The summed E-state index contributed by atoms with van der Waals surface area (Å²) in [6, 6.07) is 13.3. The minimum absolute atomic E-state index is 0.145. The van der Waals surface area contributed by atoms with E-state index in [2.05, 4.69) is 26.5 Å². The summed E-state index contributed by atoms with van der Waals surface area (Å²) in [4.78, 5) is 40.2. The van der Waals surface area contributed by atoms with Gasteiger partial charge >= 0.3 is 5.97 Å². The zero-order valence-corrected chi connectivity index (χ0v) is 16.8. The maximum absolute atomic E-state index is 13.5. The molecule has 0 unspecified atom stereocenters.